The van der Waals surface area contributed by atoms with E-state index in [1.54, 1.807) is 6.07 Å². The second-order valence-corrected chi connectivity index (χ2v) is 7.89. The largest absolute Gasteiger partial charge is 0.487 e. The van der Waals surface area contributed by atoms with E-state index in [0.29, 0.717) is 49.6 Å². The smallest absolute Gasteiger partial charge is 0.232 e. The van der Waals surface area contributed by atoms with E-state index in [4.69, 9.17) is 4.74 Å². The number of carbonyl (C=O) groups excluding carboxylic acids is 1. The highest BCUT2D eigenvalue weighted by Gasteiger charge is 2.24. The minimum atomic E-state index is -1.25. The SMILES string of the molecule is CC(=O)Nc1cccc(Nc2ncnc(N3CCC(Oc4cc(F)c(F)cc4F)CC3)n2)c1C. The van der Waals surface area contributed by atoms with E-state index >= 15 is 0 Å². The average molecular weight is 472 g/mol. The van der Waals surface area contributed by atoms with Crippen molar-refractivity contribution in [2.45, 2.75) is 32.8 Å². The van der Waals surface area contributed by atoms with Crippen LogP contribution in [0.3, 0.4) is 0 Å². The summed E-state index contributed by atoms with van der Waals surface area (Å²) in [6, 6.07) is 6.67. The van der Waals surface area contributed by atoms with E-state index in [0.717, 1.165) is 17.3 Å². The minimum absolute atomic E-state index is 0.164. The molecule has 2 heterocycles. The van der Waals surface area contributed by atoms with Crippen LogP contribution in [0.25, 0.3) is 0 Å². The van der Waals surface area contributed by atoms with Gasteiger partial charge in [-0.2, -0.15) is 4.98 Å². The average Bonchev–Trinajstić information content (AvgIpc) is 2.80. The normalized spacial score (nSPS) is 14.1. The molecule has 2 aromatic carbocycles. The first kappa shape index (κ1) is 23.3. The molecule has 178 valence electrons. The number of rotatable bonds is 6. The van der Waals surface area contributed by atoms with Crippen LogP contribution in [0.1, 0.15) is 25.3 Å². The third-order valence-electron chi connectivity index (χ3n) is 5.44. The Morgan fingerprint density at radius 1 is 1.06 bits per heavy atom. The van der Waals surface area contributed by atoms with Crippen molar-refractivity contribution in [1.82, 2.24) is 15.0 Å². The Morgan fingerprint density at radius 2 is 1.76 bits per heavy atom. The van der Waals surface area contributed by atoms with E-state index in [2.05, 4.69) is 25.6 Å². The molecule has 11 heteroatoms. The zero-order valence-corrected chi connectivity index (χ0v) is 18.6. The Labute approximate surface area is 194 Å². The highest BCUT2D eigenvalue weighted by Crippen LogP contribution is 2.27. The second-order valence-electron chi connectivity index (χ2n) is 7.89. The van der Waals surface area contributed by atoms with Crippen molar-refractivity contribution in [3.8, 4) is 5.75 Å². The third-order valence-corrected chi connectivity index (χ3v) is 5.44. The Hall–Kier alpha value is -3.89. The molecule has 1 saturated heterocycles. The van der Waals surface area contributed by atoms with E-state index in [1.807, 2.05) is 24.0 Å². The summed E-state index contributed by atoms with van der Waals surface area (Å²) >= 11 is 0. The van der Waals surface area contributed by atoms with Gasteiger partial charge in [0.05, 0.1) is 0 Å². The maximum absolute atomic E-state index is 13.9. The molecule has 0 radical (unpaired) electrons. The number of amides is 1. The van der Waals surface area contributed by atoms with Crippen molar-refractivity contribution in [3.05, 3.63) is 59.7 Å². The fourth-order valence-corrected chi connectivity index (χ4v) is 3.66. The van der Waals surface area contributed by atoms with Gasteiger partial charge in [0.25, 0.3) is 0 Å². The first-order valence-electron chi connectivity index (χ1n) is 10.7. The Balaban J connectivity index is 1.40. The van der Waals surface area contributed by atoms with Crippen molar-refractivity contribution < 1.29 is 22.7 Å². The molecule has 1 fully saturated rings. The lowest BCUT2D eigenvalue weighted by molar-refractivity contribution is -0.114. The standard InChI is InChI=1S/C23H23F3N6O2/c1-13-19(29-14(2)33)4-3-5-20(13)30-22-27-12-28-23(31-22)32-8-6-15(7-9-32)34-21-11-17(25)16(24)10-18(21)26/h3-5,10-12,15H,6-9H2,1-2H3,(H,29,33)(H,27,28,30,31). The van der Waals surface area contributed by atoms with Crippen LogP contribution in [-0.2, 0) is 4.79 Å². The number of hydrogen-bond donors (Lipinski definition) is 2. The molecule has 1 aromatic heterocycles. The van der Waals surface area contributed by atoms with Crippen LogP contribution in [0.4, 0.5) is 36.4 Å². The molecule has 4 rings (SSSR count). The molecule has 34 heavy (non-hydrogen) atoms. The van der Waals surface area contributed by atoms with Crippen LogP contribution in [0.2, 0.25) is 0 Å². The lowest BCUT2D eigenvalue weighted by atomic mass is 10.1. The number of nitrogens with one attached hydrogen (secondary N) is 2. The van der Waals surface area contributed by atoms with E-state index in [-0.39, 0.29) is 17.8 Å². The van der Waals surface area contributed by atoms with Gasteiger partial charge in [0, 0.05) is 56.4 Å². The van der Waals surface area contributed by atoms with Gasteiger partial charge in [-0.1, -0.05) is 6.07 Å². The molecule has 2 N–H and O–H groups in total. The van der Waals surface area contributed by atoms with Gasteiger partial charge in [-0.15, -0.1) is 0 Å². The first-order chi connectivity index (χ1) is 16.3. The zero-order chi connectivity index (χ0) is 24.2. The van der Waals surface area contributed by atoms with Gasteiger partial charge >= 0.3 is 0 Å². The monoisotopic (exact) mass is 472 g/mol. The molecule has 8 nitrogen and oxygen atoms in total. The van der Waals surface area contributed by atoms with Crippen LogP contribution in [0, 0.1) is 24.4 Å². The molecule has 0 aliphatic carbocycles. The molecule has 0 unspecified atom stereocenters. The van der Waals surface area contributed by atoms with E-state index < -0.39 is 17.5 Å². The van der Waals surface area contributed by atoms with Gasteiger partial charge in [0.1, 0.15) is 12.4 Å². The summed E-state index contributed by atoms with van der Waals surface area (Å²) < 4.78 is 46.0. The first-order valence-corrected chi connectivity index (χ1v) is 10.7. The van der Waals surface area contributed by atoms with Crippen LogP contribution in [-0.4, -0.2) is 40.1 Å². The van der Waals surface area contributed by atoms with Crippen LogP contribution in [0.15, 0.2) is 36.7 Å². The number of carbonyl (C=O) groups is 1. The van der Waals surface area contributed by atoms with E-state index in [9.17, 15) is 18.0 Å². The lowest BCUT2D eigenvalue weighted by Crippen LogP contribution is -2.39. The Bertz CT molecular complexity index is 1200. The molecule has 0 bridgehead atoms. The fraction of sp³-hybridized carbons (Fsp3) is 0.304. The number of hydrogen-bond acceptors (Lipinski definition) is 7. The Morgan fingerprint density at radius 3 is 2.50 bits per heavy atom. The second kappa shape index (κ2) is 9.94. The van der Waals surface area contributed by atoms with Crippen molar-refractivity contribution in [2.75, 3.05) is 28.6 Å². The highest BCUT2D eigenvalue weighted by atomic mass is 19.2. The van der Waals surface area contributed by atoms with E-state index in [1.165, 1.54) is 13.3 Å². The predicted molar refractivity (Wildman–Crippen MR) is 121 cm³/mol. The van der Waals surface area contributed by atoms with Crippen molar-refractivity contribution >= 4 is 29.2 Å². The van der Waals surface area contributed by atoms with Gasteiger partial charge < -0.3 is 20.3 Å². The molecular formula is C23H23F3N6O2. The maximum Gasteiger partial charge on any atom is 0.232 e. The van der Waals surface area contributed by atoms with Gasteiger partial charge in [0.2, 0.25) is 17.8 Å². The molecule has 1 amide bonds. The number of ether oxygens (including phenoxy) is 1. The fourth-order valence-electron chi connectivity index (χ4n) is 3.66. The topological polar surface area (TPSA) is 92.3 Å². The number of piperidine rings is 1. The minimum Gasteiger partial charge on any atom is -0.487 e. The predicted octanol–water partition coefficient (Wildman–Crippen LogP) is 4.35. The third kappa shape index (κ3) is 5.36. The maximum atomic E-state index is 13.9. The van der Waals surface area contributed by atoms with Crippen molar-refractivity contribution in [2.24, 2.45) is 0 Å². The molecule has 1 aliphatic heterocycles. The molecule has 3 aromatic rings. The summed E-state index contributed by atoms with van der Waals surface area (Å²) in [7, 11) is 0. The number of halogens is 3. The highest BCUT2D eigenvalue weighted by molar-refractivity contribution is 5.90. The van der Waals surface area contributed by atoms with Gasteiger partial charge in [0.15, 0.2) is 23.2 Å². The summed E-state index contributed by atoms with van der Waals surface area (Å²) in [4.78, 5) is 26.2. The number of benzene rings is 2. The van der Waals surface area contributed by atoms with Gasteiger partial charge in [-0.3, -0.25) is 4.79 Å². The van der Waals surface area contributed by atoms with Crippen LogP contribution >= 0.6 is 0 Å². The molecule has 0 spiro atoms. The summed E-state index contributed by atoms with van der Waals surface area (Å²) in [6.45, 7) is 4.36. The number of nitrogens with zero attached hydrogens (tertiary/aromatic N) is 4. The van der Waals surface area contributed by atoms with Crippen LogP contribution < -0.4 is 20.3 Å². The number of aromatic nitrogens is 3. The van der Waals surface area contributed by atoms with Gasteiger partial charge in [-0.05, 0) is 24.6 Å². The molecule has 0 atom stereocenters. The van der Waals surface area contributed by atoms with Gasteiger partial charge in [-0.25, -0.2) is 23.1 Å². The van der Waals surface area contributed by atoms with Crippen molar-refractivity contribution in [3.63, 3.8) is 0 Å². The summed E-state index contributed by atoms with van der Waals surface area (Å²) in [5, 5.41) is 5.93. The lowest BCUT2D eigenvalue weighted by Gasteiger charge is -2.32. The van der Waals surface area contributed by atoms with Crippen molar-refractivity contribution in [1.29, 1.82) is 0 Å². The Kier molecular flexibility index (Phi) is 6.80. The number of anilines is 4. The molecule has 1 aliphatic rings. The summed E-state index contributed by atoms with van der Waals surface area (Å²) in [6.07, 6.45) is 2.08. The zero-order valence-electron chi connectivity index (χ0n) is 18.6. The van der Waals surface area contributed by atoms with Crippen LogP contribution in [0.5, 0.6) is 5.75 Å². The molecular weight excluding hydrogens is 449 g/mol. The quantitative estimate of drug-likeness (QED) is 0.516. The summed E-state index contributed by atoms with van der Waals surface area (Å²) in [5.74, 6) is -3.01. The summed E-state index contributed by atoms with van der Waals surface area (Å²) in [5.41, 5.74) is 2.26. The molecule has 0 saturated carbocycles.